The molecule has 0 saturated heterocycles. The topological polar surface area (TPSA) is 56.7 Å². The highest BCUT2D eigenvalue weighted by Gasteiger charge is 2.26. The number of hydrogen-bond acceptors (Lipinski definition) is 3. The number of benzene rings is 1. The average Bonchev–Trinajstić information content (AvgIpc) is 3.18. The SMILES string of the molecule is Nc1cnc2ccccc2c1-n1ccc(C2CC2)n1. The Balaban J connectivity index is 1.94. The summed E-state index contributed by atoms with van der Waals surface area (Å²) in [5.74, 6) is 0.649. The van der Waals surface area contributed by atoms with Gasteiger partial charge >= 0.3 is 0 Å². The summed E-state index contributed by atoms with van der Waals surface area (Å²) < 4.78 is 1.88. The average molecular weight is 250 g/mol. The molecule has 3 aromatic rings. The second-order valence-corrected chi connectivity index (χ2v) is 5.04. The van der Waals surface area contributed by atoms with Crippen molar-refractivity contribution in [2.45, 2.75) is 18.8 Å². The minimum Gasteiger partial charge on any atom is -0.396 e. The van der Waals surface area contributed by atoms with Gasteiger partial charge in [0.15, 0.2) is 0 Å². The van der Waals surface area contributed by atoms with Gasteiger partial charge in [-0.3, -0.25) is 4.98 Å². The van der Waals surface area contributed by atoms with Gasteiger partial charge < -0.3 is 5.73 Å². The lowest BCUT2D eigenvalue weighted by Crippen LogP contribution is -2.03. The number of fused-ring (bicyclic) bond motifs is 1. The van der Waals surface area contributed by atoms with Gasteiger partial charge in [0.05, 0.1) is 28.8 Å². The van der Waals surface area contributed by atoms with Crippen LogP contribution in [-0.4, -0.2) is 14.8 Å². The third kappa shape index (κ3) is 1.68. The number of nitrogens with two attached hydrogens (primary N) is 1. The second-order valence-electron chi connectivity index (χ2n) is 5.04. The number of nitrogen functional groups attached to an aromatic ring is 1. The molecule has 4 rings (SSSR count). The van der Waals surface area contributed by atoms with E-state index in [1.807, 2.05) is 35.1 Å². The first-order valence-electron chi connectivity index (χ1n) is 6.52. The summed E-state index contributed by atoms with van der Waals surface area (Å²) in [6.07, 6.45) is 6.20. The smallest absolute Gasteiger partial charge is 0.0984 e. The van der Waals surface area contributed by atoms with Gasteiger partial charge in [-0.05, 0) is 25.0 Å². The Kier molecular flexibility index (Phi) is 2.12. The first-order valence-corrected chi connectivity index (χ1v) is 6.52. The van der Waals surface area contributed by atoms with Crippen LogP contribution in [0.5, 0.6) is 0 Å². The summed E-state index contributed by atoms with van der Waals surface area (Å²) in [5, 5.41) is 5.70. The maximum absolute atomic E-state index is 6.10. The molecule has 4 heteroatoms. The fourth-order valence-electron chi connectivity index (χ4n) is 2.46. The summed E-state index contributed by atoms with van der Waals surface area (Å²) in [6, 6.07) is 10.1. The van der Waals surface area contributed by atoms with E-state index >= 15 is 0 Å². The molecular weight excluding hydrogens is 236 g/mol. The van der Waals surface area contributed by atoms with Crippen LogP contribution in [0.4, 0.5) is 5.69 Å². The molecule has 1 saturated carbocycles. The Bertz CT molecular complexity index is 756. The minimum atomic E-state index is 0.649. The molecule has 0 atom stereocenters. The second kappa shape index (κ2) is 3.82. The fourth-order valence-corrected chi connectivity index (χ4v) is 2.46. The van der Waals surface area contributed by atoms with Crippen LogP contribution in [0.1, 0.15) is 24.5 Å². The van der Waals surface area contributed by atoms with Crippen LogP contribution in [0.3, 0.4) is 0 Å². The largest absolute Gasteiger partial charge is 0.396 e. The van der Waals surface area contributed by atoms with Crippen molar-refractivity contribution < 1.29 is 0 Å². The van der Waals surface area contributed by atoms with Crippen LogP contribution in [0.15, 0.2) is 42.7 Å². The molecule has 4 nitrogen and oxygen atoms in total. The predicted molar refractivity (Wildman–Crippen MR) is 75.3 cm³/mol. The molecule has 0 bridgehead atoms. The molecule has 0 amide bonds. The molecule has 1 aliphatic rings. The lowest BCUT2D eigenvalue weighted by Gasteiger charge is -2.09. The summed E-state index contributed by atoms with van der Waals surface area (Å²) in [7, 11) is 0. The van der Waals surface area contributed by atoms with Crippen LogP contribution in [-0.2, 0) is 0 Å². The molecule has 0 aliphatic heterocycles. The van der Waals surface area contributed by atoms with Crippen molar-refractivity contribution >= 4 is 16.6 Å². The molecule has 0 radical (unpaired) electrons. The molecule has 0 unspecified atom stereocenters. The van der Waals surface area contributed by atoms with E-state index in [1.165, 1.54) is 18.5 Å². The number of rotatable bonds is 2. The van der Waals surface area contributed by atoms with Crippen molar-refractivity contribution in [1.82, 2.24) is 14.8 Å². The molecule has 1 aromatic carbocycles. The van der Waals surface area contributed by atoms with Crippen LogP contribution < -0.4 is 5.73 Å². The van der Waals surface area contributed by atoms with Crippen LogP contribution in [0.25, 0.3) is 16.6 Å². The van der Waals surface area contributed by atoms with E-state index in [0.717, 1.165) is 16.6 Å². The number of para-hydroxylation sites is 1. The normalized spacial score (nSPS) is 14.9. The Hall–Kier alpha value is -2.36. The van der Waals surface area contributed by atoms with Gasteiger partial charge in [0.25, 0.3) is 0 Å². The highest BCUT2D eigenvalue weighted by atomic mass is 15.3. The lowest BCUT2D eigenvalue weighted by atomic mass is 10.1. The third-order valence-electron chi connectivity index (χ3n) is 3.61. The van der Waals surface area contributed by atoms with Gasteiger partial charge in [-0.2, -0.15) is 5.10 Å². The van der Waals surface area contributed by atoms with Gasteiger partial charge in [0.1, 0.15) is 0 Å². The fraction of sp³-hybridized carbons (Fsp3) is 0.200. The molecule has 2 N–H and O–H groups in total. The van der Waals surface area contributed by atoms with Gasteiger partial charge in [-0.25, -0.2) is 4.68 Å². The Labute approximate surface area is 110 Å². The van der Waals surface area contributed by atoms with Crippen molar-refractivity contribution in [3.8, 4) is 5.69 Å². The first-order chi connectivity index (χ1) is 9.33. The molecule has 1 fully saturated rings. The summed E-state index contributed by atoms with van der Waals surface area (Å²) in [5.41, 5.74) is 9.79. The van der Waals surface area contributed by atoms with E-state index in [0.29, 0.717) is 11.6 Å². The van der Waals surface area contributed by atoms with Crippen molar-refractivity contribution in [2.24, 2.45) is 0 Å². The van der Waals surface area contributed by atoms with E-state index in [2.05, 4.69) is 16.1 Å². The molecule has 2 heterocycles. The zero-order valence-corrected chi connectivity index (χ0v) is 10.5. The number of nitrogens with zero attached hydrogens (tertiary/aromatic N) is 3. The minimum absolute atomic E-state index is 0.649. The molecule has 19 heavy (non-hydrogen) atoms. The standard InChI is InChI=1S/C15H14N4/c16-12-9-17-14-4-2-1-3-11(14)15(12)19-8-7-13(18-19)10-5-6-10/h1-4,7-10H,5-6,16H2. The van der Waals surface area contributed by atoms with Gasteiger partial charge in [-0.15, -0.1) is 0 Å². The number of aromatic nitrogens is 3. The molecule has 1 aliphatic carbocycles. The van der Waals surface area contributed by atoms with Gasteiger partial charge in [-0.1, -0.05) is 18.2 Å². The summed E-state index contributed by atoms with van der Waals surface area (Å²) in [6.45, 7) is 0. The monoisotopic (exact) mass is 250 g/mol. The van der Waals surface area contributed by atoms with Gasteiger partial charge in [0, 0.05) is 17.5 Å². The Morgan fingerprint density at radius 2 is 2.00 bits per heavy atom. The van der Waals surface area contributed by atoms with Crippen molar-refractivity contribution in [1.29, 1.82) is 0 Å². The van der Waals surface area contributed by atoms with E-state index in [9.17, 15) is 0 Å². The quantitative estimate of drug-likeness (QED) is 0.760. The predicted octanol–water partition coefficient (Wildman–Crippen LogP) is 2.88. The molecule has 2 aromatic heterocycles. The highest BCUT2D eigenvalue weighted by Crippen LogP contribution is 2.39. The Morgan fingerprint density at radius 3 is 2.84 bits per heavy atom. The summed E-state index contributed by atoms with van der Waals surface area (Å²) in [4.78, 5) is 4.36. The maximum atomic E-state index is 6.10. The van der Waals surface area contributed by atoms with E-state index < -0.39 is 0 Å². The third-order valence-corrected chi connectivity index (χ3v) is 3.61. The number of anilines is 1. The van der Waals surface area contributed by atoms with Crippen LogP contribution in [0, 0.1) is 0 Å². The van der Waals surface area contributed by atoms with Gasteiger partial charge in [0.2, 0.25) is 0 Å². The van der Waals surface area contributed by atoms with Crippen LogP contribution in [0.2, 0.25) is 0 Å². The van der Waals surface area contributed by atoms with E-state index in [4.69, 9.17) is 5.73 Å². The highest BCUT2D eigenvalue weighted by molar-refractivity contribution is 5.91. The number of pyridine rings is 1. The molecular formula is C15H14N4. The van der Waals surface area contributed by atoms with Crippen molar-refractivity contribution in [2.75, 3.05) is 5.73 Å². The first kappa shape index (κ1) is 10.6. The Morgan fingerprint density at radius 1 is 1.16 bits per heavy atom. The van der Waals surface area contributed by atoms with Crippen molar-refractivity contribution in [3.63, 3.8) is 0 Å². The lowest BCUT2D eigenvalue weighted by molar-refractivity contribution is 0.843. The summed E-state index contributed by atoms with van der Waals surface area (Å²) >= 11 is 0. The van der Waals surface area contributed by atoms with Crippen LogP contribution >= 0.6 is 0 Å². The number of hydrogen-bond donors (Lipinski definition) is 1. The van der Waals surface area contributed by atoms with E-state index in [1.54, 1.807) is 6.20 Å². The van der Waals surface area contributed by atoms with E-state index in [-0.39, 0.29) is 0 Å². The molecule has 0 spiro atoms. The van der Waals surface area contributed by atoms with Crippen molar-refractivity contribution in [3.05, 3.63) is 48.4 Å². The zero-order chi connectivity index (χ0) is 12.8. The molecule has 94 valence electrons. The zero-order valence-electron chi connectivity index (χ0n) is 10.5. The maximum Gasteiger partial charge on any atom is 0.0984 e.